The van der Waals surface area contributed by atoms with Crippen LogP contribution in [0.4, 0.5) is 0 Å². The number of phenols is 1. The number of aromatic hydroxyl groups is 1. The van der Waals surface area contributed by atoms with Crippen molar-refractivity contribution in [2.75, 3.05) is 19.8 Å². The van der Waals surface area contributed by atoms with Gasteiger partial charge in [-0.3, -0.25) is 0 Å². The van der Waals surface area contributed by atoms with Gasteiger partial charge >= 0.3 is 0 Å². The van der Waals surface area contributed by atoms with E-state index in [1.54, 1.807) is 6.07 Å². The molecule has 1 aromatic carbocycles. The third-order valence-corrected chi connectivity index (χ3v) is 2.96. The highest BCUT2D eigenvalue weighted by Gasteiger charge is 2.21. The van der Waals surface area contributed by atoms with E-state index in [0.717, 1.165) is 24.3 Å². The predicted octanol–water partition coefficient (Wildman–Crippen LogP) is 2.01. The number of aryl methyl sites for hydroxylation is 1. The van der Waals surface area contributed by atoms with Gasteiger partial charge in [0.1, 0.15) is 5.75 Å². The highest BCUT2D eigenvalue weighted by atomic mass is 35.5. The molecule has 3 nitrogen and oxygen atoms in total. The average molecular weight is 228 g/mol. The Hall–Kier alpha value is -0.770. The number of morpholine rings is 1. The second-order valence-electron chi connectivity index (χ2n) is 3.71. The minimum Gasteiger partial charge on any atom is -0.506 e. The molecule has 0 bridgehead atoms. The average Bonchev–Trinajstić information content (AvgIpc) is 2.26. The summed E-state index contributed by atoms with van der Waals surface area (Å²) in [6.45, 7) is 4.06. The van der Waals surface area contributed by atoms with Gasteiger partial charge in [-0.25, -0.2) is 0 Å². The first-order valence-corrected chi connectivity index (χ1v) is 5.37. The highest BCUT2D eigenvalue weighted by Crippen LogP contribution is 2.34. The zero-order chi connectivity index (χ0) is 10.8. The lowest BCUT2D eigenvalue weighted by atomic mass is 10.00. The zero-order valence-electron chi connectivity index (χ0n) is 8.59. The molecule has 1 aliphatic heterocycles. The standard InChI is InChI=1S/C11H14ClNO2/c1-7-2-3-8(12)11(14)10(7)9-6-15-5-4-13-9/h2-3,9,13-14H,4-6H2,1H3. The van der Waals surface area contributed by atoms with Crippen LogP contribution in [-0.2, 0) is 4.74 Å². The molecule has 0 aromatic heterocycles. The minimum absolute atomic E-state index is 0.0393. The molecule has 1 fully saturated rings. The summed E-state index contributed by atoms with van der Waals surface area (Å²) in [7, 11) is 0. The van der Waals surface area contributed by atoms with Crippen LogP contribution in [0.25, 0.3) is 0 Å². The van der Waals surface area contributed by atoms with Crippen molar-refractivity contribution in [1.29, 1.82) is 0 Å². The highest BCUT2D eigenvalue weighted by molar-refractivity contribution is 6.32. The summed E-state index contributed by atoms with van der Waals surface area (Å²) in [5, 5.41) is 13.6. The van der Waals surface area contributed by atoms with Crippen molar-refractivity contribution in [3.8, 4) is 5.75 Å². The number of hydrogen-bond acceptors (Lipinski definition) is 3. The second kappa shape index (κ2) is 4.39. The summed E-state index contributed by atoms with van der Waals surface area (Å²) in [6, 6.07) is 3.66. The van der Waals surface area contributed by atoms with Gasteiger partial charge in [0.05, 0.1) is 24.3 Å². The first kappa shape index (κ1) is 10.7. The molecule has 0 radical (unpaired) electrons. The normalized spacial score (nSPS) is 21.6. The second-order valence-corrected chi connectivity index (χ2v) is 4.12. The van der Waals surface area contributed by atoms with E-state index < -0.39 is 0 Å². The van der Waals surface area contributed by atoms with E-state index in [0.29, 0.717) is 11.6 Å². The van der Waals surface area contributed by atoms with E-state index in [4.69, 9.17) is 16.3 Å². The van der Waals surface area contributed by atoms with Crippen LogP contribution in [0.3, 0.4) is 0 Å². The molecule has 1 atom stereocenters. The Morgan fingerprint density at radius 2 is 2.33 bits per heavy atom. The number of benzene rings is 1. The Balaban J connectivity index is 2.36. The summed E-state index contributed by atoms with van der Waals surface area (Å²) < 4.78 is 5.37. The molecule has 1 aliphatic rings. The van der Waals surface area contributed by atoms with Crippen LogP contribution in [0.15, 0.2) is 12.1 Å². The van der Waals surface area contributed by atoms with Crippen LogP contribution < -0.4 is 5.32 Å². The Morgan fingerprint density at radius 3 is 3.00 bits per heavy atom. The molecule has 82 valence electrons. The smallest absolute Gasteiger partial charge is 0.139 e. The maximum Gasteiger partial charge on any atom is 0.139 e. The van der Waals surface area contributed by atoms with Crippen molar-refractivity contribution >= 4 is 11.6 Å². The molecule has 2 N–H and O–H groups in total. The van der Waals surface area contributed by atoms with Crippen molar-refractivity contribution < 1.29 is 9.84 Å². The van der Waals surface area contributed by atoms with Crippen LogP contribution in [-0.4, -0.2) is 24.9 Å². The van der Waals surface area contributed by atoms with Crippen LogP contribution in [0.2, 0.25) is 5.02 Å². The van der Waals surface area contributed by atoms with Crippen molar-refractivity contribution in [2.24, 2.45) is 0 Å². The topological polar surface area (TPSA) is 41.5 Å². The van der Waals surface area contributed by atoms with Gasteiger partial charge in [0.2, 0.25) is 0 Å². The van der Waals surface area contributed by atoms with Gasteiger partial charge < -0.3 is 15.2 Å². The number of ether oxygens (including phenoxy) is 1. The fourth-order valence-electron chi connectivity index (χ4n) is 1.87. The largest absolute Gasteiger partial charge is 0.506 e. The maximum atomic E-state index is 9.90. The molecule has 0 saturated carbocycles. The van der Waals surface area contributed by atoms with Crippen molar-refractivity contribution in [3.63, 3.8) is 0 Å². The van der Waals surface area contributed by atoms with E-state index >= 15 is 0 Å². The molecule has 15 heavy (non-hydrogen) atoms. The molecule has 1 saturated heterocycles. The Bertz CT molecular complexity index is 362. The minimum atomic E-state index is 0.0393. The van der Waals surface area contributed by atoms with Crippen LogP contribution in [0.5, 0.6) is 5.75 Å². The molecule has 0 spiro atoms. The van der Waals surface area contributed by atoms with Crippen LogP contribution in [0, 0.1) is 6.92 Å². The van der Waals surface area contributed by atoms with Gasteiger partial charge in [0, 0.05) is 12.1 Å². The van der Waals surface area contributed by atoms with Gasteiger partial charge in [0.15, 0.2) is 0 Å². The Kier molecular flexibility index (Phi) is 3.14. The SMILES string of the molecule is Cc1ccc(Cl)c(O)c1C1COCCN1. The lowest BCUT2D eigenvalue weighted by Crippen LogP contribution is -2.35. The maximum absolute atomic E-state index is 9.90. The van der Waals surface area contributed by atoms with Crippen molar-refractivity contribution in [3.05, 3.63) is 28.3 Å². The number of halogens is 1. The van der Waals surface area contributed by atoms with E-state index in [9.17, 15) is 5.11 Å². The van der Waals surface area contributed by atoms with Gasteiger partial charge in [-0.15, -0.1) is 0 Å². The quantitative estimate of drug-likeness (QED) is 0.771. The van der Waals surface area contributed by atoms with Crippen LogP contribution >= 0.6 is 11.6 Å². The summed E-state index contributed by atoms with van der Waals surface area (Å²) >= 11 is 5.89. The summed E-state index contributed by atoms with van der Waals surface area (Å²) in [5.74, 6) is 0.166. The number of phenolic OH excluding ortho intramolecular Hbond substituents is 1. The third kappa shape index (κ3) is 2.09. The molecule has 4 heteroatoms. The van der Waals surface area contributed by atoms with E-state index in [1.165, 1.54) is 0 Å². The first-order valence-electron chi connectivity index (χ1n) is 4.99. The number of rotatable bonds is 1. The molecule has 0 amide bonds. The molecule has 2 rings (SSSR count). The molecular formula is C11H14ClNO2. The fraction of sp³-hybridized carbons (Fsp3) is 0.455. The summed E-state index contributed by atoms with van der Waals surface area (Å²) in [4.78, 5) is 0. The van der Waals surface area contributed by atoms with Gasteiger partial charge in [-0.05, 0) is 18.6 Å². The Morgan fingerprint density at radius 1 is 1.53 bits per heavy atom. The predicted molar refractivity (Wildman–Crippen MR) is 59.4 cm³/mol. The molecule has 1 heterocycles. The molecule has 1 unspecified atom stereocenters. The lowest BCUT2D eigenvalue weighted by Gasteiger charge is -2.26. The number of nitrogens with one attached hydrogen (secondary N) is 1. The van der Waals surface area contributed by atoms with Gasteiger partial charge in [-0.1, -0.05) is 17.7 Å². The number of hydrogen-bond donors (Lipinski definition) is 2. The van der Waals surface area contributed by atoms with Gasteiger partial charge in [0.25, 0.3) is 0 Å². The van der Waals surface area contributed by atoms with Crippen LogP contribution in [0.1, 0.15) is 17.2 Å². The Labute approximate surface area is 94.0 Å². The molecular weight excluding hydrogens is 214 g/mol. The van der Waals surface area contributed by atoms with Crippen molar-refractivity contribution in [1.82, 2.24) is 5.32 Å². The van der Waals surface area contributed by atoms with Gasteiger partial charge in [-0.2, -0.15) is 0 Å². The summed E-state index contributed by atoms with van der Waals surface area (Å²) in [5.41, 5.74) is 1.88. The van der Waals surface area contributed by atoms with E-state index in [2.05, 4.69) is 5.32 Å². The fourth-order valence-corrected chi connectivity index (χ4v) is 2.04. The zero-order valence-corrected chi connectivity index (χ0v) is 9.34. The first-order chi connectivity index (χ1) is 7.20. The third-order valence-electron chi connectivity index (χ3n) is 2.66. The lowest BCUT2D eigenvalue weighted by molar-refractivity contribution is 0.0759. The van der Waals surface area contributed by atoms with E-state index in [1.807, 2.05) is 13.0 Å². The molecule has 0 aliphatic carbocycles. The molecule has 1 aromatic rings. The van der Waals surface area contributed by atoms with E-state index in [-0.39, 0.29) is 11.8 Å². The van der Waals surface area contributed by atoms with Crippen molar-refractivity contribution in [2.45, 2.75) is 13.0 Å². The monoisotopic (exact) mass is 227 g/mol. The summed E-state index contributed by atoms with van der Waals surface area (Å²) in [6.07, 6.45) is 0.